The normalized spacial score (nSPS) is 13.9. The third-order valence-electron chi connectivity index (χ3n) is 4.86. The Labute approximate surface area is 203 Å². The SMILES string of the molecule is C#Cc1ccccc1C(C(=O)NC(C)C)N(C(=O)C(CS)NC(=O)OC(C)(C)C)C(C)CC. The number of hydrogen-bond acceptors (Lipinski definition) is 5. The highest BCUT2D eigenvalue weighted by Crippen LogP contribution is 2.28. The molecular formula is C25H37N3O4S. The van der Waals surface area contributed by atoms with Gasteiger partial charge in [0.25, 0.3) is 0 Å². The van der Waals surface area contributed by atoms with Crippen LogP contribution in [0, 0.1) is 12.3 Å². The Morgan fingerprint density at radius 1 is 1.15 bits per heavy atom. The lowest BCUT2D eigenvalue weighted by Gasteiger charge is -2.38. The highest BCUT2D eigenvalue weighted by molar-refractivity contribution is 7.80. The number of rotatable bonds is 9. The Morgan fingerprint density at radius 3 is 2.24 bits per heavy atom. The van der Waals surface area contributed by atoms with Crippen LogP contribution in [0.15, 0.2) is 24.3 Å². The van der Waals surface area contributed by atoms with Crippen LogP contribution < -0.4 is 10.6 Å². The van der Waals surface area contributed by atoms with Gasteiger partial charge in [0.05, 0.1) is 0 Å². The van der Waals surface area contributed by atoms with E-state index in [0.29, 0.717) is 17.5 Å². The number of hydrogen-bond donors (Lipinski definition) is 3. The number of benzene rings is 1. The van der Waals surface area contributed by atoms with Crippen molar-refractivity contribution in [3.05, 3.63) is 35.4 Å². The Morgan fingerprint density at radius 2 is 1.76 bits per heavy atom. The van der Waals surface area contributed by atoms with E-state index in [0.717, 1.165) is 0 Å². The summed E-state index contributed by atoms with van der Waals surface area (Å²) < 4.78 is 5.31. The van der Waals surface area contributed by atoms with Crippen molar-refractivity contribution in [1.29, 1.82) is 0 Å². The number of alkyl carbamates (subject to hydrolysis) is 1. The average Bonchev–Trinajstić information content (AvgIpc) is 2.72. The Hall–Kier alpha value is -2.66. The number of ether oxygens (including phenoxy) is 1. The summed E-state index contributed by atoms with van der Waals surface area (Å²) in [6.07, 6.45) is 5.57. The van der Waals surface area contributed by atoms with E-state index in [4.69, 9.17) is 11.2 Å². The molecule has 0 aliphatic heterocycles. The smallest absolute Gasteiger partial charge is 0.408 e. The molecular weight excluding hydrogens is 438 g/mol. The zero-order valence-corrected chi connectivity index (χ0v) is 21.5. The van der Waals surface area contributed by atoms with Crippen LogP contribution in [0.3, 0.4) is 0 Å². The first-order chi connectivity index (χ1) is 15.4. The summed E-state index contributed by atoms with van der Waals surface area (Å²) in [4.78, 5) is 41.0. The fraction of sp³-hybridized carbons (Fsp3) is 0.560. The predicted octanol–water partition coefficient (Wildman–Crippen LogP) is 3.68. The third-order valence-corrected chi connectivity index (χ3v) is 5.23. The molecule has 0 bridgehead atoms. The molecule has 0 aromatic heterocycles. The summed E-state index contributed by atoms with van der Waals surface area (Å²) >= 11 is 4.28. The Kier molecular flexibility index (Phi) is 10.8. The summed E-state index contributed by atoms with van der Waals surface area (Å²) in [5.41, 5.74) is 0.336. The quantitative estimate of drug-likeness (QED) is 0.376. The van der Waals surface area contributed by atoms with Gasteiger partial charge in [-0.25, -0.2) is 4.79 Å². The van der Waals surface area contributed by atoms with E-state index >= 15 is 0 Å². The second-order valence-corrected chi connectivity index (χ2v) is 9.55. The molecule has 3 amide bonds. The van der Waals surface area contributed by atoms with Crippen LogP contribution >= 0.6 is 12.6 Å². The van der Waals surface area contributed by atoms with Crippen LogP contribution in [0.4, 0.5) is 4.79 Å². The zero-order chi connectivity index (χ0) is 25.3. The first kappa shape index (κ1) is 28.4. The minimum Gasteiger partial charge on any atom is -0.444 e. The topological polar surface area (TPSA) is 87.7 Å². The average molecular weight is 476 g/mol. The Balaban J connectivity index is 3.51. The van der Waals surface area contributed by atoms with Crippen molar-refractivity contribution in [1.82, 2.24) is 15.5 Å². The van der Waals surface area contributed by atoms with Gasteiger partial charge in [0.2, 0.25) is 11.8 Å². The molecule has 0 spiro atoms. The largest absolute Gasteiger partial charge is 0.444 e. The lowest BCUT2D eigenvalue weighted by molar-refractivity contribution is -0.144. The lowest BCUT2D eigenvalue weighted by Crippen LogP contribution is -2.56. The van der Waals surface area contributed by atoms with Gasteiger partial charge in [0.1, 0.15) is 17.7 Å². The van der Waals surface area contributed by atoms with Crippen molar-refractivity contribution in [3.8, 4) is 12.3 Å². The molecule has 3 atom stereocenters. The van der Waals surface area contributed by atoms with E-state index in [-0.39, 0.29) is 23.7 Å². The molecule has 0 saturated carbocycles. The van der Waals surface area contributed by atoms with Crippen LogP contribution in [0.1, 0.15) is 72.1 Å². The highest BCUT2D eigenvalue weighted by atomic mass is 32.1. The molecule has 182 valence electrons. The first-order valence-corrected chi connectivity index (χ1v) is 11.8. The number of amides is 3. The van der Waals surface area contributed by atoms with Gasteiger partial charge < -0.3 is 20.3 Å². The summed E-state index contributed by atoms with van der Waals surface area (Å²) in [6, 6.07) is 4.60. The predicted molar refractivity (Wildman–Crippen MR) is 134 cm³/mol. The van der Waals surface area contributed by atoms with Crippen molar-refractivity contribution < 1.29 is 19.1 Å². The van der Waals surface area contributed by atoms with Crippen LogP contribution in [0.25, 0.3) is 0 Å². The van der Waals surface area contributed by atoms with Crippen LogP contribution in [-0.2, 0) is 14.3 Å². The number of carbonyl (C=O) groups is 3. The highest BCUT2D eigenvalue weighted by Gasteiger charge is 2.39. The van der Waals surface area contributed by atoms with Crippen molar-refractivity contribution in [2.24, 2.45) is 0 Å². The minimum atomic E-state index is -0.996. The van der Waals surface area contributed by atoms with E-state index < -0.39 is 29.7 Å². The zero-order valence-electron chi connectivity index (χ0n) is 20.6. The maximum atomic E-state index is 13.8. The maximum absolute atomic E-state index is 13.8. The van der Waals surface area contributed by atoms with Gasteiger partial charge in [0.15, 0.2) is 0 Å². The van der Waals surface area contributed by atoms with E-state index in [1.54, 1.807) is 45.0 Å². The molecule has 8 heteroatoms. The van der Waals surface area contributed by atoms with E-state index in [1.165, 1.54) is 4.90 Å². The number of carbonyl (C=O) groups excluding carboxylic acids is 3. The maximum Gasteiger partial charge on any atom is 0.408 e. The second kappa shape index (κ2) is 12.5. The minimum absolute atomic E-state index is 0.0281. The Bertz CT molecular complexity index is 873. The molecule has 1 rings (SSSR count). The van der Waals surface area contributed by atoms with Crippen molar-refractivity contribution >= 4 is 30.5 Å². The van der Waals surface area contributed by atoms with Crippen molar-refractivity contribution in [2.75, 3.05) is 5.75 Å². The lowest BCUT2D eigenvalue weighted by atomic mass is 9.95. The van der Waals surface area contributed by atoms with Gasteiger partial charge in [-0.3, -0.25) is 9.59 Å². The number of nitrogens with one attached hydrogen (secondary N) is 2. The molecule has 0 heterocycles. The fourth-order valence-corrected chi connectivity index (χ4v) is 3.51. The summed E-state index contributed by atoms with van der Waals surface area (Å²) in [7, 11) is 0. The molecule has 0 radical (unpaired) electrons. The number of nitrogens with zero attached hydrogens (tertiary/aromatic N) is 1. The fourth-order valence-electron chi connectivity index (χ4n) is 3.26. The molecule has 7 nitrogen and oxygen atoms in total. The van der Waals surface area contributed by atoms with Gasteiger partial charge in [-0.05, 0) is 59.6 Å². The molecule has 1 aromatic rings. The monoisotopic (exact) mass is 475 g/mol. The summed E-state index contributed by atoms with van der Waals surface area (Å²) in [6.45, 7) is 12.7. The standard InChI is InChI=1S/C25H37N3O4S/c1-9-17(5)28(23(30)20(15-33)27-24(31)32-25(6,7)8)21(22(29)26-16(3)4)19-14-12-11-13-18(19)10-2/h2,11-14,16-17,20-21,33H,9,15H2,1,3-8H3,(H,26,29)(H,27,31). The number of thiol groups is 1. The third kappa shape index (κ3) is 8.32. The van der Waals surface area contributed by atoms with Gasteiger partial charge in [0, 0.05) is 23.4 Å². The van der Waals surface area contributed by atoms with Crippen LogP contribution in [0.5, 0.6) is 0 Å². The summed E-state index contributed by atoms with van der Waals surface area (Å²) in [5.74, 6) is 1.85. The van der Waals surface area contributed by atoms with Crippen LogP contribution in [-0.4, -0.2) is 52.3 Å². The van der Waals surface area contributed by atoms with Gasteiger partial charge in [-0.1, -0.05) is 31.0 Å². The molecule has 2 N–H and O–H groups in total. The molecule has 33 heavy (non-hydrogen) atoms. The van der Waals surface area contributed by atoms with Crippen molar-refractivity contribution in [3.63, 3.8) is 0 Å². The van der Waals surface area contributed by atoms with Crippen LogP contribution in [0.2, 0.25) is 0 Å². The molecule has 0 fully saturated rings. The number of terminal acetylenes is 1. The van der Waals surface area contributed by atoms with Gasteiger partial charge in [-0.2, -0.15) is 12.6 Å². The molecule has 3 unspecified atom stereocenters. The van der Waals surface area contributed by atoms with Gasteiger partial charge >= 0.3 is 6.09 Å². The second-order valence-electron chi connectivity index (χ2n) is 9.18. The van der Waals surface area contributed by atoms with Gasteiger partial charge in [-0.15, -0.1) is 6.42 Å². The van der Waals surface area contributed by atoms with E-state index in [2.05, 4.69) is 29.2 Å². The van der Waals surface area contributed by atoms with Crippen molar-refractivity contribution in [2.45, 2.75) is 84.7 Å². The molecule has 0 aliphatic carbocycles. The summed E-state index contributed by atoms with van der Waals surface area (Å²) in [5, 5.41) is 5.50. The molecule has 0 aliphatic rings. The molecule has 0 saturated heterocycles. The molecule has 1 aromatic carbocycles. The van der Waals surface area contributed by atoms with E-state index in [9.17, 15) is 14.4 Å². The first-order valence-electron chi connectivity index (χ1n) is 11.1. The van der Waals surface area contributed by atoms with E-state index in [1.807, 2.05) is 27.7 Å².